The van der Waals surface area contributed by atoms with Crippen LogP contribution in [-0.2, 0) is 0 Å². The Morgan fingerprint density at radius 3 is 2.40 bits per heavy atom. The van der Waals surface area contributed by atoms with Gasteiger partial charge in [0.1, 0.15) is 11.6 Å². The number of aliphatic hydroxyl groups excluding tert-OH is 1. The molecule has 0 radical (unpaired) electrons. The molecule has 0 aliphatic carbocycles. The molecule has 1 unspecified atom stereocenters. The van der Waals surface area contributed by atoms with E-state index in [0.29, 0.717) is 11.4 Å². The lowest BCUT2D eigenvalue weighted by molar-refractivity contribution is 0.194. The minimum atomic E-state index is -0.886. The van der Waals surface area contributed by atoms with Crippen LogP contribution in [0, 0.1) is 5.82 Å². The van der Waals surface area contributed by atoms with E-state index in [4.69, 9.17) is 4.74 Å². The molecule has 0 spiro atoms. The van der Waals surface area contributed by atoms with E-state index in [1.54, 1.807) is 26.2 Å². The second kappa shape index (κ2) is 5.92. The number of rotatable bonds is 4. The molecule has 2 aromatic carbocycles. The standard InChI is InChI=1S/C16H18FNO2/c1-11(19)16-12(17)7-6-9-14(16)18(2)13-8-4-5-10-15(13)20-3/h4-11,19H,1-3H3. The van der Waals surface area contributed by atoms with Crippen molar-refractivity contribution in [2.24, 2.45) is 0 Å². The van der Waals surface area contributed by atoms with Crippen molar-refractivity contribution in [1.82, 2.24) is 0 Å². The highest BCUT2D eigenvalue weighted by Crippen LogP contribution is 2.36. The van der Waals surface area contributed by atoms with E-state index in [-0.39, 0.29) is 5.56 Å². The molecule has 1 N–H and O–H groups in total. The maximum absolute atomic E-state index is 13.9. The van der Waals surface area contributed by atoms with Gasteiger partial charge < -0.3 is 14.7 Å². The Hall–Kier alpha value is -2.07. The third-order valence-electron chi connectivity index (χ3n) is 3.26. The summed E-state index contributed by atoms with van der Waals surface area (Å²) in [5.41, 5.74) is 1.70. The molecule has 0 fully saturated rings. The first-order valence-corrected chi connectivity index (χ1v) is 6.39. The molecule has 1 atom stereocenters. The second-order valence-electron chi connectivity index (χ2n) is 4.58. The van der Waals surface area contributed by atoms with Gasteiger partial charge in [-0.2, -0.15) is 0 Å². The highest BCUT2D eigenvalue weighted by Gasteiger charge is 2.18. The monoisotopic (exact) mass is 275 g/mol. The van der Waals surface area contributed by atoms with E-state index in [0.717, 1.165) is 5.69 Å². The Bertz CT molecular complexity index is 599. The Morgan fingerprint density at radius 2 is 1.75 bits per heavy atom. The molecule has 0 heterocycles. The van der Waals surface area contributed by atoms with Gasteiger partial charge in [-0.15, -0.1) is 0 Å². The maximum Gasteiger partial charge on any atom is 0.142 e. The number of benzene rings is 2. The first kappa shape index (κ1) is 14.3. The number of ether oxygens (including phenoxy) is 1. The van der Waals surface area contributed by atoms with Crippen molar-refractivity contribution in [2.75, 3.05) is 19.1 Å². The quantitative estimate of drug-likeness (QED) is 0.924. The van der Waals surface area contributed by atoms with Crippen LogP contribution in [0.3, 0.4) is 0 Å². The van der Waals surface area contributed by atoms with Gasteiger partial charge in [-0.1, -0.05) is 18.2 Å². The molecular weight excluding hydrogens is 257 g/mol. The van der Waals surface area contributed by atoms with Crippen molar-refractivity contribution in [3.05, 3.63) is 53.8 Å². The first-order chi connectivity index (χ1) is 9.56. The lowest BCUT2D eigenvalue weighted by Crippen LogP contribution is -2.14. The van der Waals surface area contributed by atoms with E-state index in [9.17, 15) is 9.50 Å². The van der Waals surface area contributed by atoms with E-state index < -0.39 is 11.9 Å². The van der Waals surface area contributed by atoms with Gasteiger partial charge in [0.15, 0.2) is 0 Å². The van der Waals surface area contributed by atoms with E-state index in [1.807, 2.05) is 36.2 Å². The van der Waals surface area contributed by atoms with Crippen molar-refractivity contribution in [3.8, 4) is 5.75 Å². The second-order valence-corrected chi connectivity index (χ2v) is 4.58. The predicted molar refractivity (Wildman–Crippen MR) is 78.1 cm³/mol. The summed E-state index contributed by atoms with van der Waals surface area (Å²) in [7, 11) is 3.41. The summed E-state index contributed by atoms with van der Waals surface area (Å²) < 4.78 is 19.3. The SMILES string of the molecule is COc1ccccc1N(C)c1cccc(F)c1C(C)O. The molecule has 0 amide bonds. The third-order valence-corrected chi connectivity index (χ3v) is 3.26. The van der Waals surface area contributed by atoms with Gasteiger partial charge in [-0.3, -0.25) is 0 Å². The van der Waals surface area contributed by atoms with Crippen molar-refractivity contribution >= 4 is 11.4 Å². The van der Waals surface area contributed by atoms with Crippen LogP contribution in [0.1, 0.15) is 18.6 Å². The fourth-order valence-electron chi connectivity index (χ4n) is 2.27. The molecule has 3 nitrogen and oxygen atoms in total. The zero-order valence-electron chi connectivity index (χ0n) is 11.8. The van der Waals surface area contributed by atoms with Crippen LogP contribution in [0.4, 0.5) is 15.8 Å². The van der Waals surface area contributed by atoms with Crippen LogP contribution < -0.4 is 9.64 Å². The summed E-state index contributed by atoms with van der Waals surface area (Å²) in [6, 6.07) is 12.2. The number of anilines is 2. The Morgan fingerprint density at radius 1 is 1.10 bits per heavy atom. The van der Waals surface area contributed by atoms with Crippen molar-refractivity contribution in [1.29, 1.82) is 0 Å². The summed E-state index contributed by atoms with van der Waals surface area (Å²) in [5.74, 6) is 0.273. The van der Waals surface area contributed by atoms with Crippen molar-refractivity contribution in [3.63, 3.8) is 0 Å². The lowest BCUT2D eigenvalue weighted by atomic mass is 10.1. The number of hydrogen-bond acceptors (Lipinski definition) is 3. The molecule has 0 aliphatic heterocycles. The highest BCUT2D eigenvalue weighted by molar-refractivity contribution is 5.71. The first-order valence-electron chi connectivity index (χ1n) is 6.39. The molecule has 0 aliphatic rings. The number of aliphatic hydroxyl groups is 1. The van der Waals surface area contributed by atoms with Crippen LogP contribution in [0.25, 0.3) is 0 Å². The molecule has 0 saturated heterocycles. The van der Waals surface area contributed by atoms with E-state index >= 15 is 0 Å². The molecule has 0 saturated carbocycles. The summed E-state index contributed by atoms with van der Waals surface area (Å²) in [5, 5.41) is 9.81. The number of hydrogen-bond donors (Lipinski definition) is 1. The molecule has 106 valence electrons. The topological polar surface area (TPSA) is 32.7 Å². The number of halogens is 1. The maximum atomic E-state index is 13.9. The minimum absolute atomic E-state index is 0.279. The Labute approximate surface area is 118 Å². The van der Waals surface area contributed by atoms with E-state index in [1.165, 1.54) is 6.07 Å². The van der Waals surface area contributed by atoms with Gasteiger partial charge in [0.2, 0.25) is 0 Å². The molecule has 4 heteroatoms. The van der Waals surface area contributed by atoms with Gasteiger partial charge in [-0.25, -0.2) is 4.39 Å². The molecule has 0 bridgehead atoms. The van der Waals surface area contributed by atoms with Crippen LogP contribution in [0.2, 0.25) is 0 Å². The third kappa shape index (κ3) is 2.60. The Balaban J connectivity index is 2.54. The Kier molecular flexibility index (Phi) is 4.25. The van der Waals surface area contributed by atoms with Gasteiger partial charge in [0, 0.05) is 18.3 Å². The molecule has 20 heavy (non-hydrogen) atoms. The van der Waals surface area contributed by atoms with Gasteiger partial charge in [0.25, 0.3) is 0 Å². The molecule has 2 aromatic rings. The summed E-state index contributed by atoms with van der Waals surface area (Å²) in [6.45, 7) is 1.55. The lowest BCUT2D eigenvalue weighted by Gasteiger charge is -2.25. The molecule has 2 rings (SSSR count). The van der Waals surface area contributed by atoms with Crippen LogP contribution in [0.5, 0.6) is 5.75 Å². The van der Waals surface area contributed by atoms with Crippen LogP contribution in [-0.4, -0.2) is 19.3 Å². The summed E-state index contributed by atoms with van der Waals surface area (Å²) in [4.78, 5) is 1.81. The van der Waals surface area contributed by atoms with Crippen LogP contribution >= 0.6 is 0 Å². The fraction of sp³-hybridized carbons (Fsp3) is 0.250. The number of nitrogens with zero attached hydrogens (tertiary/aromatic N) is 1. The average molecular weight is 275 g/mol. The van der Waals surface area contributed by atoms with Crippen molar-refractivity contribution < 1.29 is 14.2 Å². The predicted octanol–water partition coefficient (Wildman–Crippen LogP) is 3.66. The molecule has 0 aromatic heterocycles. The van der Waals surface area contributed by atoms with E-state index in [2.05, 4.69) is 0 Å². The average Bonchev–Trinajstić information content (AvgIpc) is 2.45. The zero-order chi connectivity index (χ0) is 14.7. The normalized spacial score (nSPS) is 12.1. The molecular formula is C16H18FNO2. The van der Waals surface area contributed by atoms with Gasteiger partial charge in [0.05, 0.1) is 18.9 Å². The minimum Gasteiger partial charge on any atom is -0.495 e. The highest BCUT2D eigenvalue weighted by atomic mass is 19.1. The van der Waals surface area contributed by atoms with Crippen molar-refractivity contribution in [2.45, 2.75) is 13.0 Å². The van der Waals surface area contributed by atoms with Gasteiger partial charge in [-0.05, 0) is 31.2 Å². The summed E-state index contributed by atoms with van der Waals surface area (Å²) in [6.07, 6.45) is -0.886. The smallest absolute Gasteiger partial charge is 0.142 e. The largest absolute Gasteiger partial charge is 0.495 e. The fourth-order valence-corrected chi connectivity index (χ4v) is 2.27. The zero-order valence-corrected chi connectivity index (χ0v) is 11.8. The van der Waals surface area contributed by atoms with Gasteiger partial charge >= 0.3 is 0 Å². The number of methoxy groups -OCH3 is 1. The summed E-state index contributed by atoms with van der Waals surface area (Å²) >= 11 is 0. The van der Waals surface area contributed by atoms with Crippen LogP contribution in [0.15, 0.2) is 42.5 Å². The number of para-hydroxylation sites is 2.